The van der Waals surface area contributed by atoms with Crippen molar-refractivity contribution in [3.8, 4) is 5.75 Å². The Morgan fingerprint density at radius 2 is 1.66 bits per heavy atom. The molecule has 0 aliphatic carbocycles. The first-order chi connectivity index (χ1) is 15.6. The van der Waals surface area contributed by atoms with E-state index in [1.54, 1.807) is 36.7 Å². The smallest absolute Gasteiger partial charge is 0.323 e. The molecule has 3 rings (SSSR count). The fourth-order valence-electron chi connectivity index (χ4n) is 3.30. The van der Waals surface area contributed by atoms with Gasteiger partial charge in [0.15, 0.2) is 0 Å². The summed E-state index contributed by atoms with van der Waals surface area (Å²) in [5.41, 5.74) is 2.63. The zero-order valence-electron chi connectivity index (χ0n) is 17.6. The van der Waals surface area contributed by atoms with Crippen molar-refractivity contribution >= 4 is 30.2 Å². The summed E-state index contributed by atoms with van der Waals surface area (Å²) < 4.78 is 5.76. The molecule has 32 heavy (non-hydrogen) atoms. The number of carboxylic acids is 1. The molecule has 6 nitrogen and oxygen atoms in total. The highest BCUT2D eigenvalue weighted by molar-refractivity contribution is 7.80. The molecule has 1 heterocycles. The number of benzene rings is 2. The van der Waals surface area contributed by atoms with Gasteiger partial charge in [-0.25, -0.2) is 0 Å². The Morgan fingerprint density at radius 3 is 2.28 bits per heavy atom. The minimum atomic E-state index is -1.07. The molecule has 0 radical (unpaired) electrons. The zero-order chi connectivity index (χ0) is 22.8. The van der Waals surface area contributed by atoms with E-state index in [0.717, 1.165) is 17.5 Å². The first-order valence-corrected chi connectivity index (χ1v) is 11.0. The molecule has 1 N–H and O–H groups in total. The first kappa shape index (κ1) is 23.3. The quantitative estimate of drug-likeness (QED) is 0.427. The molecule has 0 bridgehead atoms. The Labute approximate surface area is 193 Å². The molecule has 0 saturated carbocycles. The van der Waals surface area contributed by atoms with Crippen molar-refractivity contribution in [2.24, 2.45) is 5.92 Å². The van der Waals surface area contributed by atoms with E-state index in [0.29, 0.717) is 30.2 Å². The van der Waals surface area contributed by atoms with Crippen molar-refractivity contribution in [3.63, 3.8) is 0 Å². The second kappa shape index (κ2) is 11.9. The largest absolute Gasteiger partial charge is 0.489 e. The van der Waals surface area contributed by atoms with Crippen molar-refractivity contribution in [1.82, 2.24) is 4.98 Å². The van der Waals surface area contributed by atoms with Crippen LogP contribution in [0.3, 0.4) is 0 Å². The number of aryl methyl sites for hydroxylation is 1. The van der Waals surface area contributed by atoms with Crippen LogP contribution in [0.5, 0.6) is 5.75 Å². The molecule has 1 unspecified atom stereocenters. The second-order valence-electron chi connectivity index (χ2n) is 7.36. The van der Waals surface area contributed by atoms with Gasteiger partial charge in [-0.1, -0.05) is 30.3 Å². The number of rotatable bonds is 11. The van der Waals surface area contributed by atoms with Crippen molar-refractivity contribution in [2.45, 2.75) is 19.4 Å². The van der Waals surface area contributed by atoms with Crippen LogP contribution in [0.4, 0.5) is 5.69 Å². The van der Waals surface area contributed by atoms with Gasteiger partial charge in [0.1, 0.15) is 18.9 Å². The number of anilines is 1. The number of hydrogen-bond acceptors (Lipinski definition) is 5. The van der Waals surface area contributed by atoms with Crippen LogP contribution in [0.1, 0.15) is 17.5 Å². The van der Waals surface area contributed by atoms with E-state index in [2.05, 4.69) is 17.6 Å². The molecule has 1 atom stereocenters. The Balaban J connectivity index is 1.68. The number of pyridine rings is 1. The van der Waals surface area contributed by atoms with E-state index in [4.69, 9.17) is 4.74 Å². The minimum absolute atomic E-state index is 0.246. The summed E-state index contributed by atoms with van der Waals surface area (Å²) >= 11 is 4.36. The topological polar surface area (TPSA) is 79.7 Å². The lowest BCUT2D eigenvalue weighted by Gasteiger charge is -2.26. The number of nitrogens with zero attached hydrogens (tertiary/aromatic N) is 2. The molecule has 166 valence electrons. The lowest BCUT2D eigenvalue weighted by molar-refractivity contribution is -0.137. The molecule has 0 saturated heterocycles. The summed E-state index contributed by atoms with van der Waals surface area (Å²) in [4.78, 5) is 29.9. The van der Waals surface area contributed by atoms with Gasteiger partial charge >= 0.3 is 5.97 Å². The maximum absolute atomic E-state index is 13.2. The van der Waals surface area contributed by atoms with E-state index >= 15 is 0 Å². The number of thiol groups is 1. The highest BCUT2D eigenvalue weighted by Crippen LogP contribution is 2.24. The Bertz CT molecular complexity index is 997. The maximum atomic E-state index is 13.2. The number of ether oxygens (including phenoxy) is 1. The van der Waals surface area contributed by atoms with Crippen LogP contribution in [0, 0.1) is 5.92 Å². The predicted octanol–water partition coefficient (Wildman–Crippen LogP) is 4.26. The van der Waals surface area contributed by atoms with Crippen LogP contribution in [0.15, 0.2) is 79.1 Å². The highest BCUT2D eigenvalue weighted by atomic mass is 32.1. The van der Waals surface area contributed by atoms with Crippen LogP contribution in [-0.4, -0.2) is 34.3 Å². The van der Waals surface area contributed by atoms with Crippen LogP contribution < -0.4 is 9.64 Å². The molecule has 3 aromatic rings. The zero-order valence-corrected chi connectivity index (χ0v) is 18.5. The number of carbonyl (C=O) groups excluding carboxylic acids is 1. The van der Waals surface area contributed by atoms with Crippen LogP contribution >= 0.6 is 12.6 Å². The lowest BCUT2D eigenvalue weighted by atomic mass is 9.99. The monoisotopic (exact) mass is 450 g/mol. The average molecular weight is 451 g/mol. The molecule has 1 amide bonds. The van der Waals surface area contributed by atoms with Crippen molar-refractivity contribution in [3.05, 3.63) is 90.3 Å². The molecule has 7 heteroatoms. The number of hydrogen-bond donors (Lipinski definition) is 2. The van der Waals surface area contributed by atoms with Crippen molar-refractivity contribution in [2.75, 3.05) is 17.2 Å². The Morgan fingerprint density at radius 1 is 0.969 bits per heavy atom. The summed E-state index contributed by atoms with van der Waals surface area (Å²) in [6.07, 6.45) is 4.72. The molecule has 0 spiro atoms. The molecule has 2 aromatic carbocycles. The number of amides is 1. The van der Waals surface area contributed by atoms with Crippen LogP contribution in [0.2, 0.25) is 0 Å². The summed E-state index contributed by atoms with van der Waals surface area (Å²) in [5, 5.41) is 9.38. The molecular formula is C25H26N2O4S. The minimum Gasteiger partial charge on any atom is -0.489 e. The molecular weight excluding hydrogens is 424 g/mol. The Hall–Kier alpha value is -3.32. The first-order valence-electron chi connectivity index (χ1n) is 10.4. The molecule has 0 aliphatic heterocycles. The normalized spacial score (nSPS) is 11.5. The predicted molar refractivity (Wildman–Crippen MR) is 127 cm³/mol. The molecule has 0 fully saturated rings. The standard InChI is InChI=1S/C25H26N2O4S/c28-24(29)16-27(25(30)21(18-32)7-6-19-4-2-1-3-5-19)22-8-10-23(11-9-22)31-17-20-12-14-26-15-13-20/h1-5,8-15,21,32H,6-7,16-18H2,(H,28,29). The number of aliphatic carboxylic acids is 1. The van der Waals surface area contributed by atoms with E-state index in [1.165, 1.54) is 4.90 Å². The van der Waals surface area contributed by atoms with Gasteiger partial charge in [0.05, 0.1) is 0 Å². The third-order valence-electron chi connectivity index (χ3n) is 5.06. The summed E-state index contributed by atoms with van der Waals surface area (Å²) in [7, 11) is 0. The third-order valence-corrected chi connectivity index (χ3v) is 5.50. The summed E-state index contributed by atoms with van der Waals surface area (Å²) in [6, 6.07) is 20.5. The number of carboxylic acid groups (broad SMARTS) is 1. The van der Waals surface area contributed by atoms with Gasteiger partial charge in [0.2, 0.25) is 5.91 Å². The molecule has 0 aliphatic rings. The van der Waals surface area contributed by atoms with Gasteiger partial charge in [0, 0.05) is 29.8 Å². The fraction of sp³-hybridized carbons (Fsp3) is 0.240. The third kappa shape index (κ3) is 6.85. The highest BCUT2D eigenvalue weighted by Gasteiger charge is 2.26. The van der Waals surface area contributed by atoms with Crippen LogP contribution in [-0.2, 0) is 22.6 Å². The summed E-state index contributed by atoms with van der Waals surface area (Å²) in [5.74, 6) is -0.737. The summed E-state index contributed by atoms with van der Waals surface area (Å²) in [6.45, 7) is -0.0213. The van der Waals surface area contributed by atoms with E-state index in [-0.39, 0.29) is 11.8 Å². The molecule has 1 aromatic heterocycles. The van der Waals surface area contributed by atoms with E-state index in [1.807, 2.05) is 42.5 Å². The van der Waals surface area contributed by atoms with Crippen molar-refractivity contribution in [1.29, 1.82) is 0 Å². The average Bonchev–Trinajstić information content (AvgIpc) is 2.83. The van der Waals surface area contributed by atoms with E-state index < -0.39 is 12.5 Å². The Kier molecular flexibility index (Phi) is 8.69. The van der Waals surface area contributed by atoms with Gasteiger partial charge in [0.25, 0.3) is 0 Å². The van der Waals surface area contributed by atoms with Gasteiger partial charge in [-0.15, -0.1) is 0 Å². The van der Waals surface area contributed by atoms with Crippen LogP contribution in [0.25, 0.3) is 0 Å². The number of aromatic nitrogens is 1. The van der Waals surface area contributed by atoms with Gasteiger partial charge < -0.3 is 14.7 Å². The van der Waals surface area contributed by atoms with Gasteiger partial charge in [-0.3, -0.25) is 14.6 Å². The lowest BCUT2D eigenvalue weighted by Crippen LogP contribution is -2.40. The van der Waals surface area contributed by atoms with E-state index in [9.17, 15) is 14.7 Å². The number of carbonyl (C=O) groups is 2. The SMILES string of the molecule is O=C(O)CN(C(=O)C(CS)CCc1ccccc1)c1ccc(OCc2ccncc2)cc1. The second-order valence-corrected chi connectivity index (χ2v) is 7.73. The van der Waals surface area contributed by atoms with Gasteiger partial charge in [-0.05, 0) is 60.4 Å². The van der Waals surface area contributed by atoms with Gasteiger partial charge in [-0.2, -0.15) is 12.6 Å². The maximum Gasteiger partial charge on any atom is 0.323 e. The van der Waals surface area contributed by atoms with Crippen molar-refractivity contribution < 1.29 is 19.4 Å². The fourth-order valence-corrected chi connectivity index (χ4v) is 3.64.